The molecule has 2 aliphatic rings. The Morgan fingerprint density at radius 1 is 1.17 bits per heavy atom. The number of aliphatic hydroxyl groups is 1. The lowest BCUT2D eigenvalue weighted by Crippen LogP contribution is -2.45. The highest BCUT2D eigenvalue weighted by atomic mass is 16.3. The molecule has 3 aromatic heterocycles. The van der Waals surface area contributed by atoms with E-state index in [1.165, 1.54) is 12.5 Å². The van der Waals surface area contributed by atoms with E-state index >= 15 is 0 Å². The number of carbonyl (C=O) groups excluding carboxylic acids is 1. The zero-order chi connectivity index (χ0) is 24.5. The Morgan fingerprint density at radius 2 is 1.94 bits per heavy atom. The summed E-state index contributed by atoms with van der Waals surface area (Å²) in [5, 5.41) is 12.9. The molecule has 35 heavy (non-hydrogen) atoms. The minimum atomic E-state index is -0.255. The molecule has 0 spiro atoms. The van der Waals surface area contributed by atoms with E-state index in [2.05, 4.69) is 26.3 Å². The number of hydrogen-bond acceptors (Lipinski definition) is 8. The Kier molecular flexibility index (Phi) is 6.62. The standard InChI is InChI=1S/C26H32N6O3/c1-16-21-13-28-26(29-22-9-8-18(12-27-22)19-14-31(15-19)10-5-11-33)30-24(21)32(20-6-3-4-7-20)25(35)23(16)17(2)34/h8-9,12-13,19-20,33H,3-7,10-11,14-15H2,1-2H3,(H,27,28,29,30). The number of nitrogens with one attached hydrogen (secondary N) is 1. The number of ketones is 1. The highest BCUT2D eigenvalue weighted by molar-refractivity contribution is 5.99. The quantitative estimate of drug-likeness (QED) is 0.476. The van der Waals surface area contributed by atoms with Gasteiger partial charge in [-0.2, -0.15) is 4.98 Å². The average Bonchev–Trinajstić information content (AvgIpc) is 3.33. The van der Waals surface area contributed by atoms with E-state index in [1.807, 2.05) is 12.3 Å². The second kappa shape index (κ2) is 9.83. The average molecular weight is 477 g/mol. The molecule has 1 saturated heterocycles. The van der Waals surface area contributed by atoms with E-state index in [9.17, 15) is 9.59 Å². The molecule has 1 saturated carbocycles. The molecule has 9 nitrogen and oxygen atoms in total. The van der Waals surface area contributed by atoms with E-state index in [4.69, 9.17) is 10.1 Å². The van der Waals surface area contributed by atoms with E-state index in [0.717, 1.165) is 57.1 Å². The maximum atomic E-state index is 13.4. The molecule has 0 radical (unpaired) electrons. The first-order chi connectivity index (χ1) is 17.0. The van der Waals surface area contributed by atoms with Crippen molar-refractivity contribution in [2.45, 2.75) is 57.9 Å². The summed E-state index contributed by atoms with van der Waals surface area (Å²) in [6.07, 6.45) is 8.33. The number of carbonyl (C=O) groups is 1. The first kappa shape index (κ1) is 23.6. The summed E-state index contributed by atoms with van der Waals surface area (Å²) in [6.45, 7) is 6.37. The van der Waals surface area contributed by atoms with Crippen LogP contribution in [0.25, 0.3) is 11.0 Å². The number of anilines is 2. The summed E-state index contributed by atoms with van der Waals surface area (Å²) in [4.78, 5) is 41.7. The molecule has 4 heterocycles. The monoisotopic (exact) mass is 476 g/mol. The van der Waals surface area contributed by atoms with Crippen LogP contribution in [0, 0.1) is 6.92 Å². The van der Waals surface area contributed by atoms with Crippen molar-refractivity contribution in [1.82, 2.24) is 24.4 Å². The van der Waals surface area contributed by atoms with E-state index in [0.29, 0.717) is 28.9 Å². The largest absolute Gasteiger partial charge is 0.396 e. The molecule has 3 aromatic rings. The lowest BCUT2D eigenvalue weighted by Gasteiger charge is -2.39. The maximum absolute atomic E-state index is 13.4. The van der Waals surface area contributed by atoms with Crippen molar-refractivity contribution in [3.8, 4) is 0 Å². The molecular formula is C26H32N6O3. The Balaban J connectivity index is 1.41. The predicted octanol–water partition coefficient (Wildman–Crippen LogP) is 3.34. The summed E-state index contributed by atoms with van der Waals surface area (Å²) < 4.78 is 1.72. The number of aliphatic hydroxyl groups excluding tert-OH is 1. The predicted molar refractivity (Wildman–Crippen MR) is 134 cm³/mol. The van der Waals surface area contributed by atoms with Gasteiger partial charge in [0.25, 0.3) is 5.56 Å². The van der Waals surface area contributed by atoms with Crippen molar-refractivity contribution in [2.24, 2.45) is 0 Å². The molecule has 0 atom stereocenters. The van der Waals surface area contributed by atoms with Crippen LogP contribution in [0.3, 0.4) is 0 Å². The molecule has 5 rings (SSSR count). The van der Waals surface area contributed by atoms with Crippen LogP contribution in [-0.4, -0.2) is 61.5 Å². The van der Waals surface area contributed by atoms with Crippen LogP contribution in [-0.2, 0) is 0 Å². The van der Waals surface area contributed by atoms with Crippen molar-refractivity contribution >= 4 is 28.6 Å². The number of aryl methyl sites for hydroxylation is 1. The Bertz CT molecular complexity index is 1290. The summed E-state index contributed by atoms with van der Waals surface area (Å²) in [5.74, 6) is 1.25. The van der Waals surface area contributed by atoms with Crippen LogP contribution in [0.15, 0.2) is 29.3 Å². The van der Waals surface area contributed by atoms with Crippen molar-refractivity contribution in [3.05, 3.63) is 51.6 Å². The number of likely N-dealkylation sites (tertiary alicyclic amines) is 1. The molecule has 0 unspecified atom stereocenters. The first-order valence-electron chi connectivity index (χ1n) is 12.4. The van der Waals surface area contributed by atoms with Crippen LogP contribution in [0.5, 0.6) is 0 Å². The van der Waals surface area contributed by atoms with Crippen LogP contribution in [0.1, 0.15) is 72.5 Å². The smallest absolute Gasteiger partial charge is 0.263 e. The lowest BCUT2D eigenvalue weighted by atomic mass is 9.92. The molecular weight excluding hydrogens is 444 g/mol. The van der Waals surface area contributed by atoms with Gasteiger partial charge in [0, 0.05) is 56.0 Å². The van der Waals surface area contributed by atoms with E-state index < -0.39 is 0 Å². The normalized spacial score (nSPS) is 17.1. The first-order valence-corrected chi connectivity index (χ1v) is 12.4. The number of nitrogens with zero attached hydrogens (tertiary/aromatic N) is 5. The van der Waals surface area contributed by atoms with Gasteiger partial charge in [-0.3, -0.25) is 14.2 Å². The second-order valence-corrected chi connectivity index (χ2v) is 9.74. The summed E-state index contributed by atoms with van der Waals surface area (Å²) >= 11 is 0. The molecule has 9 heteroatoms. The number of aromatic nitrogens is 4. The van der Waals surface area contributed by atoms with Crippen molar-refractivity contribution in [3.63, 3.8) is 0 Å². The van der Waals surface area contributed by atoms with Crippen LogP contribution in [0.4, 0.5) is 11.8 Å². The fourth-order valence-electron chi connectivity index (χ4n) is 5.40. The number of rotatable bonds is 8. The van der Waals surface area contributed by atoms with Gasteiger partial charge in [-0.1, -0.05) is 18.9 Å². The summed E-state index contributed by atoms with van der Waals surface area (Å²) in [6, 6.07) is 4.04. The Hall–Kier alpha value is -3.17. The summed E-state index contributed by atoms with van der Waals surface area (Å²) in [5.41, 5.74) is 2.37. The Labute approximate surface area is 204 Å². The van der Waals surface area contributed by atoms with Gasteiger partial charge in [0.05, 0.1) is 5.56 Å². The third-order valence-corrected chi connectivity index (χ3v) is 7.34. The molecule has 184 valence electrons. The van der Waals surface area contributed by atoms with Gasteiger partial charge < -0.3 is 15.3 Å². The number of pyridine rings is 2. The van der Waals surface area contributed by atoms with Crippen molar-refractivity contribution in [2.75, 3.05) is 31.6 Å². The highest BCUT2D eigenvalue weighted by Gasteiger charge is 2.28. The zero-order valence-corrected chi connectivity index (χ0v) is 20.3. The Morgan fingerprint density at radius 3 is 2.60 bits per heavy atom. The van der Waals surface area contributed by atoms with Gasteiger partial charge in [0.15, 0.2) is 5.78 Å². The zero-order valence-electron chi connectivity index (χ0n) is 20.3. The van der Waals surface area contributed by atoms with Gasteiger partial charge >= 0.3 is 0 Å². The molecule has 0 bridgehead atoms. The van der Waals surface area contributed by atoms with Gasteiger partial charge in [-0.25, -0.2) is 9.97 Å². The lowest BCUT2D eigenvalue weighted by molar-refractivity contribution is 0.101. The van der Waals surface area contributed by atoms with Crippen molar-refractivity contribution < 1.29 is 9.90 Å². The van der Waals surface area contributed by atoms with Crippen molar-refractivity contribution in [1.29, 1.82) is 0 Å². The van der Waals surface area contributed by atoms with E-state index in [-0.39, 0.29) is 29.6 Å². The van der Waals surface area contributed by atoms with Gasteiger partial charge in [-0.05, 0) is 50.3 Å². The fourth-order valence-corrected chi connectivity index (χ4v) is 5.40. The molecule has 1 aliphatic heterocycles. The van der Waals surface area contributed by atoms with Crippen LogP contribution in [0.2, 0.25) is 0 Å². The second-order valence-electron chi connectivity index (χ2n) is 9.74. The third-order valence-electron chi connectivity index (χ3n) is 7.34. The van der Waals surface area contributed by atoms with Gasteiger partial charge in [-0.15, -0.1) is 0 Å². The number of fused-ring (bicyclic) bond motifs is 1. The van der Waals surface area contributed by atoms with Crippen LogP contribution >= 0.6 is 0 Å². The number of Topliss-reactive ketones (excluding diaryl/α,β-unsaturated/α-hetero) is 1. The summed E-state index contributed by atoms with van der Waals surface area (Å²) in [7, 11) is 0. The number of hydrogen-bond donors (Lipinski definition) is 2. The van der Waals surface area contributed by atoms with Gasteiger partial charge in [0.1, 0.15) is 11.5 Å². The molecule has 0 amide bonds. The van der Waals surface area contributed by atoms with Crippen LogP contribution < -0.4 is 10.9 Å². The minimum absolute atomic E-state index is 0.0447. The minimum Gasteiger partial charge on any atom is -0.396 e. The highest BCUT2D eigenvalue weighted by Crippen LogP contribution is 2.32. The topological polar surface area (TPSA) is 113 Å². The molecule has 2 fully saturated rings. The molecule has 0 aromatic carbocycles. The fraction of sp³-hybridized carbons (Fsp3) is 0.500. The van der Waals surface area contributed by atoms with E-state index in [1.54, 1.807) is 17.7 Å². The third kappa shape index (κ3) is 4.58. The SMILES string of the molecule is CC(=O)c1c(C)c2cnc(Nc3ccc(C4CN(CCCO)C4)cn3)nc2n(C2CCCC2)c1=O. The molecule has 1 aliphatic carbocycles. The van der Waals surface area contributed by atoms with Gasteiger partial charge in [0.2, 0.25) is 5.95 Å². The maximum Gasteiger partial charge on any atom is 0.263 e. The molecule has 2 N–H and O–H groups in total.